The molecular formula is C11H13. The zero-order valence-electron chi connectivity index (χ0n) is 6.93. The van der Waals surface area contributed by atoms with Gasteiger partial charge in [0.2, 0.25) is 0 Å². The van der Waals surface area contributed by atoms with Crippen molar-refractivity contribution in [3.8, 4) is 0 Å². The third-order valence-electron chi connectivity index (χ3n) is 2.48. The molecular weight excluding hydrogens is 132 g/mol. The molecule has 1 aliphatic rings. The molecule has 0 bridgehead atoms. The van der Waals surface area contributed by atoms with E-state index in [-0.39, 0.29) is 0 Å². The highest BCUT2D eigenvalue weighted by molar-refractivity contribution is 5.39. The van der Waals surface area contributed by atoms with Crippen LogP contribution >= 0.6 is 0 Å². The predicted octanol–water partition coefficient (Wildman–Crippen LogP) is 2.97. The van der Waals surface area contributed by atoms with E-state index in [1.54, 1.807) is 5.92 Å². The van der Waals surface area contributed by atoms with Crippen molar-refractivity contribution in [2.45, 2.75) is 26.2 Å². The Morgan fingerprint density at radius 1 is 1.09 bits per heavy atom. The van der Waals surface area contributed by atoms with Crippen LogP contribution in [0.4, 0.5) is 0 Å². The van der Waals surface area contributed by atoms with Gasteiger partial charge < -0.3 is 0 Å². The molecule has 0 nitrogen and oxygen atoms in total. The lowest BCUT2D eigenvalue weighted by atomic mass is 9.84. The molecule has 1 aromatic carbocycles. The minimum absolute atomic E-state index is 1.27. The van der Waals surface area contributed by atoms with E-state index >= 15 is 0 Å². The summed E-state index contributed by atoms with van der Waals surface area (Å²) in [5.74, 6) is 1.56. The van der Waals surface area contributed by atoms with Gasteiger partial charge in [-0.3, -0.25) is 0 Å². The zero-order valence-corrected chi connectivity index (χ0v) is 6.93. The van der Waals surface area contributed by atoms with E-state index in [1.165, 1.54) is 30.4 Å². The first kappa shape index (κ1) is 6.90. The van der Waals surface area contributed by atoms with Crippen LogP contribution in [-0.2, 0) is 6.42 Å². The summed E-state index contributed by atoms with van der Waals surface area (Å²) < 4.78 is 0. The molecule has 2 rings (SSSR count). The standard InChI is InChI=1S/C11H13/c1-9-5-4-7-10-6-2-3-8-11(9)10/h2-3,6,8H,4-5,7H2,1H3. The molecule has 0 heterocycles. The normalized spacial score (nSPS) is 17.9. The molecule has 0 unspecified atom stereocenters. The molecule has 0 aliphatic heterocycles. The molecule has 0 atom stereocenters. The van der Waals surface area contributed by atoms with Crippen LogP contribution in [0.3, 0.4) is 0 Å². The second-order valence-electron chi connectivity index (χ2n) is 3.29. The Morgan fingerprint density at radius 3 is 2.73 bits per heavy atom. The summed E-state index contributed by atoms with van der Waals surface area (Å²) in [7, 11) is 0. The number of benzene rings is 1. The highest BCUT2D eigenvalue weighted by Gasteiger charge is 2.14. The van der Waals surface area contributed by atoms with Crippen molar-refractivity contribution in [2.24, 2.45) is 0 Å². The van der Waals surface area contributed by atoms with E-state index in [1.807, 2.05) is 0 Å². The van der Waals surface area contributed by atoms with Crippen molar-refractivity contribution < 1.29 is 0 Å². The Morgan fingerprint density at radius 2 is 1.91 bits per heavy atom. The number of aryl methyl sites for hydroxylation is 1. The third kappa shape index (κ3) is 1.18. The first-order valence-corrected chi connectivity index (χ1v) is 4.28. The number of fused-ring (bicyclic) bond motifs is 1. The molecule has 0 saturated carbocycles. The molecule has 0 spiro atoms. The van der Waals surface area contributed by atoms with Crippen molar-refractivity contribution >= 4 is 0 Å². The fraction of sp³-hybridized carbons (Fsp3) is 0.364. The van der Waals surface area contributed by atoms with Crippen molar-refractivity contribution in [1.29, 1.82) is 0 Å². The topological polar surface area (TPSA) is 0 Å². The largest absolute Gasteiger partial charge is 0.0620 e. The number of rotatable bonds is 0. The zero-order chi connectivity index (χ0) is 7.68. The summed E-state index contributed by atoms with van der Waals surface area (Å²) in [6, 6.07) is 8.76. The van der Waals surface area contributed by atoms with Crippen LogP contribution in [0.2, 0.25) is 0 Å². The van der Waals surface area contributed by atoms with Crippen LogP contribution in [0.1, 0.15) is 30.9 Å². The first-order chi connectivity index (χ1) is 5.38. The Bertz CT molecular complexity index is 250. The number of hydrogen-bond acceptors (Lipinski definition) is 0. The van der Waals surface area contributed by atoms with Crippen LogP contribution in [0, 0.1) is 5.92 Å². The third-order valence-corrected chi connectivity index (χ3v) is 2.48. The SMILES string of the molecule is C[C]1CCCc2ccccc21. The Balaban J connectivity index is 2.44. The lowest BCUT2D eigenvalue weighted by molar-refractivity contribution is 0.716. The van der Waals surface area contributed by atoms with Gasteiger partial charge in [-0.15, -0.1) is 0 Å². The molecule has 11 heavy (non-hydrogen) atoms. The summed E-state index contributed by atoms with van der Waals surface area (Å²) in [6.45, 7) is 2.25. The van der Waals surface area contributed by atoms with Gasteiger partial charge in [0.05, 0.1) is 0 Å². The lowest BCUT2D eigenvalue weighted by Gasteiger charge is -2.20. The Kier molecular flexibility index (Phi) is 1.69. The van der Waals surface area contributed by atoms with E-state index < -0.39 is 0 Å². The molecule has 0 N–H and O–H groups in total. The van der Waals surface area contributed by atoms with E-state index in [2.05, 4.69) is 31.2 Å². The summed E-state index contributed by atoms with van der Waals surface area (Å²) >= 11 is 0. The summed E-state index contributed by atoms with van der Waals surface area (Å²) in [5.41, 5.74) is 3.04. The van der Waals surface area contributed by atoms with Crippen LogP contribution in [-0.4, -0.2) is 0 Å². The van der Waals surface area contributed by atoms with Crippen LogP contribution in [0.25, 0.3) is 0 Å². The van der Waals surface area contributed by atoms with Gasteiger partial charge >= 0.3 is 0 Å². The molecule has 0 saturated heterocycles. The van der Waals surface area contributed by atoms with Gasteiger partial charge in [-0.05, 0) is 30.4 Å². The van der Waals surface area contributed by atoms with Gasteiger partial charge in [0, 0.05) is 5.92 Å². The van der Waals surface area contributed by atoms with Crippen LogP contribution < -0.4 is 0 Å². The van der Waals surface area contributed by atoms with Crippen molar-refractivity contribution in [3.63, 3.8) is 0 Å². The fourth-order valence-corrected chi connectivity index (χ4v) is 1.83. The quantitative estimate of drug-likeness (QED) is 0.526. The molecule has 1 radical (unpaired) electrons. The van der Waals surface area contributed by atoms with Crippen molar-refractivity contribution in [3.05, 3.63) is 41.3 Å². The second kappa shape index (κ2) is 2.69. The van der Waals surface area contributed by atoms with Gasteiger partial charge in [-0.1, -0.05) is 31.2 Å². The van der Waals surface area contributed by atoms with Gasteiger partial charge in [0.25, 0.3) is 0 Å². The minimum atomic E-state index is 1.27. The van der Waals surface area contributed by atoms with Gasteiger partial charge in [0.15, 0.2) is 0 Å². The Hall–Kier alpha value is -0.780. The average Bonchev–Trinajstić information content (AvgIpc) is 2.06. The van der Waals surface area contributed by atoms with Gasteiger partial charge in [0.1, 0.15) is 0 Å². The van der Waals surface area contributed by atoms with Gasteiger partial charge in [-0.2, -0.15) is 0 Å². The predicted molar refractivity (Wildman–Crippen MR) is 47.4 cm³/mol. The molecule has 0 fully saturated rings. The maximum absolute atomic E-state index is 2.25. The molecule has 57 valence electrons. The van der Waals surface area contributed by atoms with E-state index in [0.29, 0.717) is 0 Å². The molecule has 0 heteroatoms. The highest BCUT2D eigenvalue weighted by Crippen LogP contribution is 2.29. The summed E-state index contributed by atoms with van der Waals surface area (Å²) in [5, 5.41) is 0. The van der Waals surface area contributed by atoms with E-state index in [0.717, 1.165) is 0 Å². The second-order valence-corrected chi connectivity index (χ2v) is 3.29. The van der Waals surface area contributed by atoms with Crippen LogP contribution in [0.5, 0.6) is 0 Å². The summed E-state index contributed by atoms with van der Waals surface area (Å²) in [6.07, 6.45) is 3.90. The average molecular weight is 145 g/mol. The van der Waals surface area contributed by atoms with E-state index in [9.17, 15) is 0 Å². The molecule has 1 aromatic rings. The fourth-order valence-electron chi connectivity index (χ4n) is 1.83. The van der Waals surface area contributed by atoms with Crippen molar-refractivity contribution in [1.82, 2.24) is 0 Å². The lowest BCUT2D eigenvalue weighted by Crippen LogP contribution is -2.06. The maximum atomic E-state index is 2.25. The first-order valence-electron chi connectivity index (χ1n) is 4.28. The smallest absolute Gasteiger partial charge is 0.00218 e. The maximum Gasteiger partial charge on any atom is 0.00218 e. The van der Waals surface area contributed by atoms with Crippen LogP contribution in [0.15, 0.2) is 24.3 Å². The summed E-state index contributed by atoms with van der Waals surface area (Å²) in [4.78, 5) is 0. The minimum Gasteiger partial charge on any atom is -0.0620 e. The van der Waals surface area contributed by atoms with Gasteiger partial charge in [-0.25, -0.2) is 0 Å². The monoisotopic (exact) mass is 145 g/mol. The molecule has 0 aromatic heterocycles. The number of hydrogen-bond donors (Lipinski definition) is 0. The van der Waals surface area contributed by atoms with E-state index in [4.69, 9.17) is 0 Å². The van der Waals surface area contributed by atoms with Crippen molar-refractivity contribution in [2.75, 3.05) is 0 Å². The molecule has 0 amide bonds. The highest BCUT2D eigenvalue weighted by atomic mass is 14.2. The Labute approximate surface area is 68.3 Å². The molecule has 1 aliphatic carbocycles.